The molecule has 5 aliphatic carbocycles. The van der Waals surface area contributed by atoms with Crippen LogP contribution in [-0.4, -0.2) is 4.57 Å². The summed E-state index contributed by atoms with van der Waals surface area (Å²) in [6.07, 6.45) is 9.28. The van der Waals surface area contributed by atoms with Crippen molar-refractivity contribution in [2.24, 2.45) is 23.7 Å². The van der Waals surface area contributed by atoms with Gasteiger partial charge in [-0.3, -0.25) is 0 Å². The van der Waals surface area contributed by atoms with Crippen molar-refractivity contribution in [1.82, 2.24) is 4.57 Å². The number of aryl methyl sites for hydroxylation is 1. The molecule has 8 aromatic carbocycles. The number of rotatable bonds is 6. The highest BCUT2D eigenvalue weighted by Gasteiger charge is 2.61. The van der Waals surface area contributed by atoms with E-state index in [0.717, 1.165) is 36.5 Å². The van der Waals surface area contributed by atoms with Crippen LogP contribution < -0.4 is 0 Å². The van der Waals surface area contributed by atoms with Gasteiger partial charge in [0, 0.05) is 27.8 Å². The van der Waals surface area contributed by atoms with Crippen LogP contribution in [0, 0.1) is 23.7 Å². The Bertz CT molecular complexity index is 3060. The molecule has 1 heteroatoms. The van der Waals surface area contributed by atoms with Crippen molar-refractivity contribution < 1.29 is 0 Å². The molecule has 9 aromatic rings. The number of fused-ring (bicyclic) bond motifs is 9. The molecule has 5 aliphatic rings. The Hall–Kier alpha value is -5.92. The second-order valence-electron chi connectivity index (χ2n) is 18.4. The lowest BCUT2D eigenvalue weighted by Crippen LogP contribution is -2.55. The molecular formula is C57H47N. The molecule has 4 bridgehead atoms. The monoisotopic (exact) mass is 745 g/mol. The molecule has 1 aromatic heterocycles. The number of aromatic nitrogens is 1. The van der Waals surface area contributed by atoms with Crippen LogP contribution >= 0.6 is 0 Å². The molecule has 4 saturated carbocycles. The number of nitrogens with zero attached hydrogens (tertiary/aromatic N) is 1. The topological polar surface area (TPSA) is 4.93 Å². The highest BCUT2D eigenvalue weighted by atomic mass is 15.0. The summed E-state index contributed by atoms with van der Waals surface area (Å²) in [5, 5.41) is 7.92. The van der Waals surface area contributed by atoms with Crippen molar-refractivity contribution >= 4 is 43.4 Å². The predicted octanol–water partition coefficient (Wildman–Crippen LogP) is 14.6. The molecule has 1 nitrogen and oxygen atoms in total. The molecule has 0 aliphatic heterocycles. The van der Waals surface area contributed by atoms with Gasteiger partial charge in [0.2, 0.25) is 0 Å². The Balaban J connectivity index is 0.938. The molecule has 4 fully saturated rings. The Morgan fingerprint density at radius 3 is 1.98 bits per heavy atom. The van der Waals surface area contributed by atoms with Crippen LogP contribution in [0.1, 0.15) is 72.3 Å². The number of para-hydroxylation sites is 2. The summed E-state index contributed by atoms with van der Waals surface area (Å²) in [4.78, 5) is 0. The molecule has 0 unspecified atom stereocenters. The Morgan fingerprint density at radius 1 is 0.466 bits per heavy atom. The minimum Gasteiger partial charge on any atom is -0.309 e. The van der Waals surface area contributed by atoms with Gasteiger partial charge in [0.25, 0.3) is 0 Å². The van der Waals surface area contributed by atoms with Gasteiger partial charge < -0.3 is 4.57 Å². The van der Waals surface area contributed by atoms with Gasteiger partial charge in [-0.1, -0.05) is 140 Å². The first-order valence-corrected chi connectivity index (χ1v) is 21.9. The third-order valence-corrected chi connectivity index (χ3v) is 15.6. The summed E-state index contributed by atoms with van der Waals surface area (Å²) < 4.78 is 2.44. The van der Waals surface area contributed by atoms with Gasteiger partial charge in [-0.15, -0.1) is 0 Å². The number of hydrogen-bond donors (Lipinski definition) is 0. The summed E-state index contributed by atoms with van der Waals surface area (Å²) in [5.41, 5.74) is 14.6. The smallest absolute Gasteiger partial charge is 0.0541 e. The maximum atomic E-state index is 2.71. The first-order chi connectivity index (χ1) is 28.7. The van der Waals surface area contributed by atoms with Crippen LogP contribution in [0.2, 0.25) is 0 Å². The van der Waals surface area contributed by atoms with E-state index in [2.05, 4.69) is 174 Å². The zero-order valence-corrected chi connectivity index (χ0v) is 32.9. The van der Waals surface area contributed by atoms with Gasteiger partial charge in [0.1, 0.15) is 0 Å². The molecular weight excluding hydrogens is 699 g/mol. The van der Waals surface area contributed by atoms with Crippen LogP contribution in [0.25, 0.3) is 60.2 Å². The average molecular weight is 746 g/mol. The molecule has 1 spiro atoms. The normalized spacial score (nSPS) is 23.3. The zero-order valence-electron chi connectivity index (χ0n) is 32.9. The van der Waals surface area contributed by atoms with E-state index in [9.17, 15) is 0 Å². The predicted molar refractivity (Wildman–Crippen MR) is 242 cm³/mol. The molecule has 1 heterocycles. The van der Waals surface area contributed by atoms with E-state index in [1.807, 2.05) is 0 Å². The van der Waals surface area contributed by atoms with Crippen molar-refractivity contribution in [3.63, 3.8) is 0 Å². The van der Waals surface area contributed by atoms with E-state index in [4.69, 9.17) is 0 Å². The van der Waals surface area contributed by atoms with Gasteiger partial charge in [0.05, 0.1) is 11.0 Å². The van der Waals surface area contributed by atoms with Crippen molar-refractivity contribution in [3.05, 3.63) is 198 Å². The van der Waals surface area contributed by atoms with Gasteiger partial charge in [-0.25, -0.2) is 0 Å². The highest BCUT2D eigenvalue weighted by Crippen LogP contribution is 2.69. The van der Waals surface area contributed by atoms with Crippen molar-refractivity contribution in [3.8, 4) is 16.8 Å². The Labute approximate surface area is 341 Å². The Kier molecular flexibility index (Phi) is 7.15. The van der Waals surface area contributed by atoms with Crippen LogP contribution in [0.4, 0.5) is 0 Å². The minimum atomic E-state index is 0.202. The fourth-order valence-corrected chi connectivity index (χ4v) is 13.5. The van der Waals surface area contributed by atoms with E-state index in [0.29, 0.717) is 0 Å². The third-order valence-electron chi connectivity index (χ3n) is 15.6. The van der Waals surface area contributed by atoms with E-state index in [1.54, 1.807) is 11.1 Å². The molecule has 280 valence electrons. The lowest BCUT2D eigenvalue weighted by Gasteiger charge is -2.61. The molecule has 58 heavy (non-hydrogen) atoms. The third kappa shape index (κ3) is 4.71. The quantitative estimate of drug-likeness (QED) is 0.149. The van der Waals surface area contributed by atoms with Crippen molar-refractivity contribution in [2.75, 3.05) is 0 Å². The Morgan fingerprint density at radius 2 is 1.12 bits per heavy atom. The summed E-state index contributed by atoms with van der Waals surface area (Å²) >= 11 is 0. The standard InChI is InChI=1S/C57H47N/c1-2-11-45(12-3-1)58-55-17-9-7-15-51(55)52-35-42(23-27-56(52)58)46(40-22-26-48-41(34-40)21-20-39-10-4-5-13-47(39)48)24-18-36-19-25-50-49-14-6-8-16-53(49)57(54(50)33-36)43-29-37-28-38(31-43)32-44(57)30-37/h1-17,19-23,25-27,33-35,37-38,43-44,46H,18,24,28-32H2/t37?,38?,43?,44?,46-,57?/m1/s1. The molecule has 0 N–H and O–H groups in total. The fourth-order valence-electron chi connectivity index (χ4n) is 13.5. The van der Waals surface area contributed by atoms with Crippen molar-refractivity contribution in [1.29, 1.82) is 0 Å². The average Bonchev–Trinajstić information content (AvgIpc) is 3.75. The second kappa shape index (κ2) is 12.5. The van der Waals surface area contributed by atoms with Crippen LogP contribution in [-0.2, 0) is 11.8 Å². The second-order valence-corrected chi connectivity index (χ2v) is 18.4. The molecule has 0 saturated heterocycles. The summed E-state index contributed by atoms with van der Waals surface area (Å²) in [6, 6.07) is 65.1. The van der Waals surface area contributed by atoms with Crippen LogP contribution in [0.3, 0.4) is 0 Å². The lowest BCUT2D eigenvalue weighted by molar-refractivity contribution is -0.0399. The molecule has 0 amide bonds. The minimum absolute atomic E-state index is 0.202. The van der Waals surface area contributed by atoms with Gasteiger partial charge in [-0.05, 0) is 159 Å². The van der Waals surface area contributed by atoms with Crippen molar-refractivity contribution in [2.45, 2.75) is 56.3 Å². The first-order valence-electron chi connectivity index (χ1n) is 21.9. The highest BCUT2D eigenvalue weighted by molar-refractivity contribution is 6.10. The van der Waals surface area contributed by atoms with Crippen LogP contribution in [0.5, 0.6) is 0 Å². The lowest BCUT2D eigenvalue weighted by atomic mass is 9.43. The maximum absolute atomic E-state index is 2.71. The summed E-state index contributed by atoms with van der Waals surface area (Å²) in [7, 11) is 0. The SMILES string of the molecule is c1ccc(-n2c3ccccc3c3cc([C@H](CCc4ccc5c(c4)C4(c6ccccc6-5)C5CC6CC(C5)CC4C6)c4ccc5c(ccc6ccccc65)c4)ccc32)cc1. The number of hydrogen-bond acceptors (Lipinski definition) is 0. The molecule has 0 radical (unpaired) electrons. The largest absolute Gasteiger partial charge is 0.309 e. The fraction of sp³-hybridized carbons (Fsp3) is 0.228. The molecule has 1 atom stereocenters. The maximum Gasteiger partial charge on any atom is 0.0541 e. The first kappa shape index (κ1) is 33.1. The van der Waals surface area contributed by atoms with Gasteiger partial charge in [0.15, 0.2) is 0 Å². The van der Waals surface area contributed by atoms with Crippen LogP contribution in [0.15, 0.2) is 170 Å². The number of benzene rings is 8. The van der Waals surface area contributed by atoms with E-state index in [-0.39, 0.29) is 11.3 Å². The summed E-state index contributed by atoms with van der Waals surface area (Å²) in [6.45, 7) is 0. The van der Waals surface area contributed by atoms with Gasteiger partial charge in [-0.2, -0.15) is 0 Å². The summed E-state index contributed by atoms with van der Waals surface area (Å²) in [5.74, 6) is 3.72. The van der Waals surface area contributed by atoms with E-state index in [1.165, 1.54) is 109 Å². The van der Waals surface area contributed by atoms with E-state index < -0.39 is 0 Å². The molecule has 14 rings (SSSR count). The van der Waals surface area contributed by atoms with Gasteiger partial charge >= 0.3 is 0 Å². The van der Waals surface area contributed by atoms with E-state index >= 15 is 0 Å². The zero-order chi connectivity index (χ0) is 38.0.